The molecule has 0 saturated heterocycles. The van der Waals surface area contributed by atoms with E-state index in [1.807, 2.05) is 36.4 Å². The Morgan fingerprint density at radius 1 is 1.03 bits per heavy atom. The van der Waals surface area contributed by atoms with Gasteiger partial charge in [-0.25, -0.2) is 4.79 Å². The van der Waals surface area contributed by atoms with Crippen molar-refractivity contribution in [2.24, 2.45) is 11.8 Å². The van der Waals surface area contributed by atoms with Gasteiger partial charge in [0.2, 0.25) is 5.60 Å². The highest BCUT2D eigenvalue weighted by Crippen LogP contribution is 2.50. The number of ether oxygens (including phenoxy) is 1. The van der Waals surface area contributed by atoms with E-state index in [1.165, 1.54) is 19.3 Å². The molecule has 4 heteroatoms. The SMILES string of the molecule is CCCC[N+](C)(C)C1C2CCC1C(OC(=O)C(O)(c1ccccc1)c1ccccc1)C2. The van der Waals surface area contributed by atoms with E-state index in [0.717, 1.165) is 23.9 Å². The van der Waals surface area contributed by atoms with Crippen molar-refractivity contribution in [3.63, 3.8) is 0 Å². The van der Waals surface area contributed by atoms with Crippen molar-refractivity contribution in [1.29, 1.82) is 0 Å². The third kappa shape index (κ3) is 4.04. The maximum Gasteiger partial charge on any atom is 0.347 e. The molecule has 31 heavy (non-hydrogen) atoms. The number of rotatable bonds is 8. The second kappa shape index (κ2) is 8.76. The number of esters is 1. The van der Waals surface area contributed by atoms with Gasteiger partial charge in [-0.3, -0.25) is 0 Å². The Kier molecular flexibility index (Phi) is 6.23. The van der Waals surface area contributed by atoms with Gasteiger partial charge in [-0.15, -0.1) is 0 Å². The number of hydrogen-bond donors (Lipinski definition) is 1. The molecule has 0 radical (unpaired) electrons. The molecule has 2 fully saturated rings. The first-order valence-corrected chi connectivity index (χ1v) is 11.7. The number of hydrogen-bond acceptors (Lipinski definition) is 3. The Hall–Kier alpha value is -2.17. The molecule has 2 aliphatic rings. The summed E-state index contributed by atoms with van der Waals surface area (Å²) in [7, 11) is 4.67. The molecule has 0 amide bonds. The lowest BCUT2D eigenvalue weighted by atomic mass is 9.86. The lowest BCUT2D eigenvalue weighted by Gasteiger charge is -2.39. The zero-order valence-corrected chi connectivity index (χ0v) is 19.0. The van der Waals surface area contributed by atoms with Gasteiger partial charge < -0.3 is 14.3 Å². The minimum atomic E-state index is -1.80. The summed E-state index contributed by atoms with van der Waals surface area (Å²) in [5.41, 5.74) is -0.707. The third-order valence-electron chi connectivity index (χ3n) is 7.64. The van der Waals surface area contributed by atoms with Crippen molar-refractivity contribution in [2.45, 2.75) is 56.8 Å². The van der Waals surface area contributed by atoms with Gasteiger partial charge in [0.25, 0.3) is 0 Å². The fourth-order valence-corrected chi connectivity index (χ4v) is 6.16. The summed E-state index contributed by atoms with van der Waals surface area (Å²) in [6.45, 7) is 3.40. The van der Waals surface area contributed by atoms with Gasteiger partial charge in [0.15, 0.2) is 0 Å². The third-order valence-corrected chi connectivity index (χ3v) is 7.64. The Balaban J connectivity index is 1.58. The van der Waals surface area contributed by atoms with Crippen molar-refractivity contribution < 1.29 is 19.1 Å². The number of quaternary nitrogens is 1. The van der Waals surface area contributed by atoms with Gasteiger partial charge in [-0.1, -0.05) is 74.0 Å². The maximum atomic E-state index is 13.5. The van der Waals surface area contributed by atoms with Crippen LogP contribution in [0, 0.1) is 11.8 Å². The molecule has 0 aliphatic heterocycles. The summed E-state index contributed by atoms with van der Waals surface area (Å²) in [6.07, 6.45) is 5.54. The summed E-state index contributed by atoms with van der Waals surface area (Å²) in [4.78, 5) is 13.5. The number of unbranched alkanes of at least 4 members (excludes halogenated alkanes) is 1. The molecule has 4 atom stereocenters. The Morgan fingerprint density at radius 3 is 2.16 bits per heavy atom. The van der Waals surface area contributed by atoms with Crippen LogP contribution in [0.5, 0.6) is 0 Å². The fourth-order valence-electron chi connectivity index (χ4n) is 6.16. The van der Waals surface area contributed by atoms with Crippen LogP contribution in [0.2, 0.25) is 0 Å². The molecule has 2 aliphatic carbocycles. The van der Waals surface area contributed by atoms with E-state index in [-0.39, 0.29) is 6.10 Å². The predicted molar refractivity (Wildman–Crippen MR) is 122 cm³/mol. The monoisotopic (exact) mass is 422 g/mol. The molecule has 1 N–H and O–H groups in total. The lowest BCUT2D eigenvalue weighted by molar-refractivity contribution is -0.919. The molecule has 2 aromatic rings. The average molecular weight is 423 g/mol. The second-order valence-corrected chi connectivity index (χ2v) is 9.97. The van der Waals surface area contributed by atoms with E-state index in [1.54, 1.807) is 24.3 Å². The summed E-state index contributed by atoms with van der Waals surface area (Å²) in [6, 6.07) is 18.9. The van der Waals surface area contributed by atoms with Crippen LogP contribution in [0.4, 0.5) is 0 Å². The molecule has 2 aromatic carbocycles. The lowest BCUT2D eigenvalue weighted by Crippen LogP contribution is -2.52. The number of aliphatic hydroxyl groups is 1. The largest absolute Gasteiger partial charge is 0.459 e. The molecule has 4 nitrogen and oxygen atoms in total. The average Bonchev–Trinajstić information content (AvgIpc) is 3.37. The van der Waals surface area contributed by atoms with Gasteiger partial charge in [-0.2, -0.15) is 0 Å². The zero-order chi connectivity index (χ0) is 22.1. The van der Waals surface area contributed by atoms with Gasteiger partial charge in [0.05, 0.1) is 26.7 Å². The van der Waals surface area contributed by atoms with E-state index in [2.05, 4.69) is 21.0 Å². The Bertz CT molecular complexity index is 840. The molecular weight excluding hydrogens is 386 g/mol. The summed E-state index contributed by atoms with van der Waals surface area (Å²) >= 11 is 0. The quantitative estimate of drug-likeness (QED) is 0.503. The first-order valence-electron chi connectivity index (χ1n) is 11.7. The summed E-state index contributed by atoms with van der Waals surface area (Å²) in [5, 5.41) is 11.7. The van der Waals surface area contributed by atoms with E-state index in [9.17, 15) is 9.90 Å². The van der Waals surface area contributed by atoms with Crippen LogP contribution >= 0.6 is 0 Å². The smallest absolute Gasteiger partial charge is 0.347 e. The number of carbonyl (C=O) groups excluding carboxylic acids is 1. The Morgan fingerprint density at radius 2 is 1.61 bits per heavy atom. The van der Waals surface area contributed by atoms with Crippen molar-refractivity contribution >= 4 is 5.97 Å². The van der Waals surface area contributed by atoms with Crippen molar-refractivity contribution in [1.82, 2.24) is 0 Å². The standard InChI is InChI=1S/C27H36NO3/c1-4-5-18-28(2,3)25-20-16-17-23(25)24(19-20)31-26(29)27(30,21-12-8-6-9-13-21)22-14-10-7-11-15-22/h6-15,20,23-25,30H,4-5,16-19H2,1-3H3/q+1. The van der Waals surface area contributed by atoms with Crippen molar-refractivity contribution in [2.75, 3.05) is 20.6 Å². The normalized spacial score (nSPS) is 25.5. The predicted octanol–water partition coefficient (Wildman–Crippen LogP) is 4.51. The minimum absolute atomic E-state index is 0.116. The highest BCUT2D eigenvalue weighted by molar-refractivity contribution is 5.85. The van der Waals surface area contributed by atoms with Gasteiger partial charge >= 0.3 is 5.97 Å². The van der Waals surface area contributed by atoms with Gasteiger partial charge in [0, 0.05) is 11.8 Å². The second-order valence-electron chi connectivity index (χ2n) is 9.97. The van der Waals surface area contributed by atoms with E-state index in [0.29, 0.717) is 29.0 Å². The van der Waals surface area contributed by atoms with Gasteiger partial charge in [-0.05, 0) is 36.8 Å². The van der Waals surface area contributed by atoms with Crippen LogP contribution in [0.25, 0.3) is 0 Å². The molecular formula is C27H36NO3+. The van der Waals surface area contributed by atoms with Crippen LogP contribution in [0.15, 0.2) is 60.7 Å². The molecule has 166 valence electrons. The van der Waals surface area contributed by atoms with E-state index in [4.69, 9.17) is 4.74 Å². The van der Waals surface area contributed by atoms with Gasteiger partial charge in [0.1, 0.15) is 6.10 Å². The fraction of sp³-hybridized carbons (Fsp3) is 0.519. The molecule has 2 saturated carbocycles. The number of carbonyl (C=O) groups is 1. The molecule has 0 heterocycles. The van der Waals surface area contributed by atoms with Crippen molar-refractivity contribution in [3.05, 3.63) is 71.8 Å². The first kappa shape index (κ1) is 22.0. The minimum Gasteiger partial charge on any atom is -0.459 e. The molecule has 2 bridgehead atoms. The Labute approximate surface area is 186 Å². The number of fused-ring (bicyclic) bond motifs is 2. The first-order chi connectivity index (χ1) is 14.9. The van der Waals surface area contributed by atoms with Crippen LogP contribution < -0.4 is 0 Å². The van der Waals surface area contributed by atoms with Crippen LogP contribution in [-0.4, -0.2) is 48.3 Å². The molecule has 0 aromatic heterocycles. The highest BCUT2D eigenvalue weighted by atomic mass is 16.6. The topological polar surface area (TPSA) is 46.5 Å². The molecule has 0 spiro atoms. The van der Waals surface area contributed by atoms with E-state index >= 15 is 0 Å². The molecule has 4 rings (SSSR count). The molecule has 4 unspecified atom stereocenters. The highest BCUT2D eigenvalue weighted by Gasteiger charge is 2.57. The summed E-state index contributed by atoms with van der Waals surface area (Å²) < 4.78 is 7.15. The zero-order valence-electron chi connectivity index (χ0n) is 19.0. The summed E-state index contributed by atoms with van der Waals surface area (Å²) in [5.74, 6) is 0.410. The number of nitrogens with zero attached hydrogens (tertiary/aromatic N) is 1. The van der Waals surface area contributed by atoms with Crippen molar-refractivity contribution in [3.8, 4) is 0 Å². The maximum absolute atomic E-state index is 13.5. The van der Waals surface area contributed by atoms with Crippen LogP contribution in [0.1, 0.15) is 50.2 Å². The van der Waals surface area contributed by atoms with Crippen LogP contribution in [0.3, 0.4) is 0 Å². The van der Waals surface area contributed by atoms with E-state index < -0.39 is 11.6 Å². The number of benzene rings is 2. The van der Waals surface area contributed by atoms with Crippen LogP contribution in [-0.2, 0) is 15.1 Å².